The van der Waals surface area contributed by atoms with Crippen LogP contribution in [0.2, 0.25) is 10.0 Å². The van der Waals surface area contributed by atoms with Crippen LogP contribution in [0.1, 0.15) is 22.8 Å². The van der Waals surface area contributed by atoms with Gasteiger partial charge in [-0.3, -0.25) is 14.4 Å². The van der Waals surface area contributed by atoms with E-state index in [-0.39, 0.29) is 11.6 Å². The highest BCUT2D eigenvalue weighted by atomic mass is 35.5. The Morgan fingerprint density at radius 2 is 1.63 bits per heavy atom. The molecule has 5 rings (SSSR count). The number of nitrogens with zero attached hydrogens (tertiary/aromatic N) is 1. The highest BCUT2D eigenvalue weighted by Gasteiger charge is 2.19. The number of hydrogen-bond donors (Lipinski definition) is 3. The second-order valence-electron chi connectivity index (χ2n) is 10.4. The molecule has 0 aliphatic rings. The molecule has 3 N–H and O–H groups in total. The Morgan fingerprint density at radius 1 is 0.857 bits per heavy atom. The molecule has 49 heavy (non-hydrogen) atoms. The molecule has 1 aromatic heterocycles. The van der Waals surface area contributed by atoms with Gasteiger partial charge in [-0.25, -0.2) is 4.98 Å². The molecule has 4 aromatic carbocycles. The molecule has 0 radical (unpaired) electrons. The van der Waals surface area contributed by atoms with Gasteiger partial charge in [0.25, 0.3) is 11.8 Å². The molecule has 0 aliphatic carbocycles. The lowest BCUT2D eigenvalue weighted by Gasteiger charge is -2.14. The van der Waals surface area contributed by atoms with Crippen molar-refractivity contribution in [2.45, 2.75) is 17.1 Å². The maximum absolute atomic E-state index is 13.6. The predicted molar refractivity (Wildman–Crippen MR) is 198 cm³/mol. The summed E-state index contributed by atoms with van der Waals surface area (Å²) in [5, 5.41) is 11.1. The number of carbonyl (C=O) groups excluding carboxylic acids is 3. The lowest BCUT2D eigenvalue weighted by Crippen LogP contribution is -2.30. The maximum Gasteiger partial charge on any atom is 0.272 e. The third-order valence-electron chi connectivity index (χ3n) is 6.97. The third kappa shape index (κ3) is 9.42. The summed E-state index contributed by atoms with van der Waals surface area (Å²) in [5.74, 6) is -0.242. The van der Waals surface area contributed by atoms with Gasteiger partial charge in [-0.15, -0.1) is 23.1 Å². The summed E-state index contributed by atoms with van der Waals surface area (Å²) in [6.07, 6.45) is 1.55. The summed E-state index contributed by atoms with van der Waals surface area (Å²) in [6, 6.07) is 26.1. The first-order valence-corrected chi connectivity index (χ1v) is 17.2. The van der Waals surface area contributed by atoms with Crippen molar-refractivity contribution in [2.75, 3.05) is 24.9 Å². The molecule has 0 bridgehead atoms. The van der Waals surface area contributed by atoms with Crippen LogP contribution in [0.4, 0.5) is 10.8 Å². The van der Waals surface area contributed by atoms with Crippen molar-refractivity contribution in [3.63, 3.8) is 0 Å². The summed E-state index contributed by atoms with van der Waals surface area (Å²) in [5.41, 5.74) is 2.93. The number of aromatic nitrogens is 1. The number of carbonyl (C=O) groups is 3. The molecule has 0 spiro atoms. The number of hydrogen-bond acceptors (Lipinski definition) is 8. The first-order chi connectivity index (χ1) is 23.6. The minimum atomic E-state index is -0.548. The molecule has 0 saturated carbocycles. The fourth-order valence-electron chi connectivity index (χ4n) is 4.48. The number of thiazole rings is 1. The minimum Gasteiger partial charge on any atom is -0.493 e. The van der Waals surface area contributed by atoms with Gasteiger partial charge < -0.3 is 25.4 Å². The van der Waals surface area contributed by atoms with Crippen molar-refractivity contribution in [3.8, 4) is 22.8 Å². The molecule has 5 aromatic rings. The molecular formula is C36H30Cl2N4O5S2. The van der Waals surface area contributed by atoms with Crippen LogP contribution in [0, 0.1) is 0 Å². The Kier molecular flexibility index (Phi) is 12.0. The van der Waals surface area contributed by atoms with Gasteiger partial charge in [0.15, 0.2) is 16.6 Å². The molecule has 0 fully saturated rings. The zero-order valence-corrected chi connectivity index (χ0v) is 29.6. The zero-order valence-electron chi connectivity index (χ0n) is 26.5. The van der Waals surface area contributed by atoms with Crippen LogP contribution in [-0.4, -0.2) is 42.2 Å². The number of rotatable bonds is 12. The molecule has 13 heteroatoms. The monoisotopic (exact) mass is 732 g/mol. The van der Waals surface area contributed by atoms with Crippen LogP contribution in [-0.2, 0) is 9.59 Å². The highest BCUT2D eigenvalue weighted by Crippen LogP contribution is 2.32. The van der Waals surface area contributed by atoms with E-state index in [2.05, 4.69) is 20.9 Å². The van der Waals surface area contributed by atoms with Crippen LogP contribution in [0.5, 0.6) is 11.5 Å². The first-order valence-electron chi connectivity index (χ1n) is 14.7. The van der Waals surface area contributed by atoms with E-state index < -0.39 is 17.1 Å². The second-order valence-corrected chi connectivity index (χ2v) is 13.5. The number of thioether (sulfide) groups is 1. The SMILES string of the molecule is COc1ccc(/C=C(/NC(=O)c2ccccc2)C(=O)Nc2cccc(SC(C)C(=O)Nc3nc(-c4ccc(Cl)c(Cl)c4)cs3)c2)cc1OC. The number of nitrogens with one attached hydrogen (secondary N) is 3. The topological polar surface area (TPSA) is 119 Å². The molecule has 0 saturated heterocycles. The number of methoxy groups -OCH3 is 2. The summed E-state index contributed by atoms with van der Waals surface area (Å²) in [6.45, 7) is 1.78. The first kappa shape index (κ1) is 35.5. The quantitative estimate of drug-likeness (QED) is 0.0868. The van der Waals surface area contributed by atoms with Gasteiger partial charge >= 0.3 is 0 Å². The van der Waals surface area contributed by atoms with Gasteiger partial charge in [-0.2, -0.15) is 0 Å². The van der Waals surface area contributed by atoms with Gasteiger partial charge in [0, 0.05) is 27.1 Å². The van der Waals surface area contributed by atoms with Gasteiger partial charge in [0.1, 0.15) is 5.70 Å². The van der Waals surface area contributed by atoms with Crippen molar-refractivity contribution in [2.24, 2.45) is 0 Å². The number of benzene rings is 4. The van der Waals surface area contributed by atoms with Crippen molar-refractivity contribution in [1.82, 2.24) is 10.3 Å². The Hall–Kier alpha value is -4.81. The van der Waals surface area contributed by atoms with E-state index in [4.69, 9.17) is 32.7 Å². The highest BCUT2D eigenvalue weighted by molar-refractivity contribution is 8.00. The smallest absolute Gasteiger partial charge is 0.272 e. The van der Waals surface area contributed by atoms with E-state index in [1.165, 1.54) is 37.3 Å². The van der Waals surface area contributed by atoms with E-state index in [1.807, 2.05) is 17.5 Å². The minimum absolute atomic E-state index is 0.00978. The van der Waals surface area contributed by atoms with Gasteiger partial charge in [0.2, 0.25) is 5.91 Å². The molecule has 3 amide bonds. The third-order valence-corrected chi connectivity index (χ3v) is 9.56. The predicted octanol–water partition coefficient (Wildman–Crippen LogP) is 8.66. The standard InChI is InChI=1S/C36H30Cl2N4O5S2/c1-21(33(43)42-36-41-30(20-48-36)24-13-14-27(37)28(38)18-24)49-26-11-7-10-25(19-26)39-35(45)29(40-34(44)23-8-5-4-6-9-23)16-22-12-15-31(46-2)32(17-22)47-3/h4-21H,1-3H3,(H,39,45)(H,40,44)(H,41,42,43)/b29-16+. The Labute approximate surface area is 301 Å². The average Bonchev–Trinajstić information content (AvgIpc) is 3.57. The van der Waals surface area contributed by atoms with Crippen molar-refractivity contribution in [3.05, 3.63) is 123 Å². The summed E-state index contributed by atoms with van der Waals surface area (Å²) < 4.78 is 10.7. The fourth-order valence-corrected chi connectivity index (χ4v) is 6.43. The Morgan fingerprint density at radius 3 is 2.37 bits per heavy atom. The number of halogens is 2. The molecule has 250 valence electrons. The lowest BCUT2D eigenvalue weighted by molar-refractivity contribution is -0.115. The molecule has 9 nitrogen and oxygen atoms in total. The van der Waals surface area contributed by atoms with E-state index >= 15 is 0 Å². The summed E-state index contributed by atoms with van der Waals surface area (Å²) in [7, 11) is 3.04. The second kappa shape index (κ2) is 16.5. The fraction of sp³-hybridized carbons (Fsp3) is 0.111. The Bertz CT molecular complexity index is 2020. The van der Waals surface area contributed by atoms with Crippen LogP contribution in [0.15, 0.2) is 107 Å². The summed E-state index contributed by atoms with van der Waals surface area (Å²) in [4.78, 5) is 45.0. The number of anilines is 2. The van der Waals surface area contributed by atoms with E-state index in [1.54, 1.807) is 91.9 Å². The molecule has 0 aliphatic heterocycles. The summed E-state index contributed by atoms with van der Waals surface area (Å²) >= 11 is 14.8. The largest absolute Gasteiger partial charge is 0.493 e. The van der Waals surface area contributed by atoms with E-state index in [0.29, 0.717) is 49.2 Å². The van der Waals surface area contributed by atoms with Crippen LogP contribution in [0.25, 0.3) is 17.3 Å². The normalized spacial score (nSPS) is 11.7. The van der Waals surface area contributed by atoms with E-state index in [9.17, 15) is 14.4 Å². The van der Waals surface area contributed by atoms with Gasteiger partial charge in [0.05, 0.1) is 35.2 Å². The van der Waals surface area contributed by atoms with Gasteiger partial charge in [-0.05, 0) is 73.2 Å². The number of ether oxygens (including phenoxy) is 2. The van der Waals surface area contributed by atoms with Crippen LogP contribution < -0.4 is 25.4 Å². The average molecular weight is 734 g/mol. The molecular weight excluding hydrogens is 703 g/mol. The van der Waals surface area contributed by atoms with Crippen molar-refractivity contribution < 1.29 is 23.9 Å². The maximum atomic E-state index is 13.6. The molecule has 1 atom stereocenters. The zero-order chi connectivity index (χ0) is 34.9. The van der Waals surface area contributed by atoms with E-state index in [0.717, 1.165) is 10.5 Å². The van der Waals surface area contributed by atoms with Crippen LogP contribution in [0.3, 0.4) is 0 Å². The van der Waals surface area contributed by atoms with Crippen LogP contribution >= 0.6 is 46.3 Å². The van der Waals surface area contributed by atoms with Crippen molar-refractivity contribution in [1.29, 1.82) is 0 Å². The molecule has 1 unspecified atom stereocenters. The number of amides is 3. The van der Waals surface area contributed by atoms with Gasteiger partial charge in [-0.1, -0.05) is 59.6 Å². The van der Waals surface area contributed by atoms with Crippen molar-refractivity contribution >= 4 is 80.9 Å². The lowest BCUT2D eigenvalue weighted by atomic mass is 10.1. The Balaban J connectivity index is 1.28. The molecule has 1 heterocycles.